The highest BCUT2D eigenvalue weighted by Crippen LogP contribution is 2.29. The Balaban J connectivity index is 2.45. The third-order valence-corrected chi connectivity index (χ3v) is 2.76. The maximum absolute atomic E-state index is 12.7. The Hall–Kier alpha value is -1.35. The molecule has 0 aliphatic heterocycles. The maximum Gasteiger partial charge on any atom is 0.129 e. The second-order valence-corrected chi connectivity index (χ2v) is 4.03. The molecular weight excluding hydrogens is 259 g/mol. The topological polar surface area (TPSA) is 20.2 Å². The van der Waals surface area contributed by atoms with Gasteiger partial charge >= 0.3 is 0 Å². The molecule has 0 atom stereocenters. The van der Waals surface area contributed by atoms with Crippen molar-refractivity contribution in [1.82, 2.24) is 0 Å². The van der Waals surface area contributed by atoms with Gasteiger partial charge in [0.2, 0.25) is 0 Å². The van der Waals surface area contributed by atoms with E-state index in [2.05, 4.69) is 15.9 Å². The molecule has 0 aliphatic carbocycles. The minimum Gasteiger partial charge on any atom is -0.507 e. The van der Waals surface area contributed by atoms with E-state index < -0.39 is 0 Å². The van der Waals surface area contributed by atoms with Gasteiger partial charge in [0, 0.05) is 0 Å². The Labute approximate surface area is 95.3 Å². The molecule has 0 saturated heterocycles. The molecular formula is C12H8BrFO. The van der Waals surface area contributed by atoms with E-state index in [0.717, 1.165) is 11.1 Å². The van der Waals surface area contributed by atoms with Crippen molar-refractivity contribution >= 4 is 15.9 Å². The first kappa shape index (κ1) is 10.2. The van der Waals surface area contributed by atoms with E-state index in [-0.39, 0.29) is 11.6 Å². The summed E-state index contributed by atoms with van der Waals surface area (Å²) in [6.07, 6.45) is 0. The van der Waals surface area contributed by atoms with Crippen molar-refractivity contribution in [2.75, 3.05) is 0 Å². The van der Waals surface area contributed by atoms with Crippen LogP contribution in [0.25, 0.3) is 11.1 Å². The van der Waals surface area contributed by atoms with Crippen molar-refractivity contribution in [1.29, 1.82) is 0 Å². The lowest BCUT2D eigenvalue weighted by molar-refractivity contribution is 0.472. The van der Waals surface area contributed by atoms with Gasteiger partial charge in [-0.25, -0.2) is 4.39 Å². The van der Waals surface area contributed by atoms with Gasteiger partial charge < -0.3 is 5.11 Å². The zero-order valence-electron chi connectivity index (χ0n) is 7.74. The molecule has 1 N–H and O–H groups in total. The van der Waals surface area contributed by atoms with Crippen LogP contribution < -0.4 is 0 Å². The zero-order valence-corrected chi connectivity index (χ0v) is 9.33. The van der Waals surface area contributed by atoms with Crippen LogP contribution in [0, 0.1) is 5.82 Å². The summed E-state index contributed by atoms with van der Waals surface area (Å²) >= 11 is 3.23. The van der Waals surface area contributed by atoms with Gasteiger partial charge in [-0.15, -0.1) is 0 Å². The minimum atomic E-state index is -0.253. The van der Waals surface area contributed by atoms with Crippen molar-refractivity contribution in [3.63, 3.8) is 0 Å². The highest BCUT2D eigenvalue weighted by Gasteiger charge is 2.01. The number of hydrogen-bond acceptors (Lipinski definition) is 1. The third kappa shape index (κ3) is 2.18. The second-order valence-electron chi connectivity index (χ2n) is 3.17. The Morgan fingerprint density at radius 1 is 0.933 bits per heavy atom. The van der Waals surface area contributed by atoms with Crippen LogP contribution in [0.1, 0.15) is 0 Å². The summed E-state index contributed by atoms with van der Waals surface area (Å²) in [7, 11) is 0. The van der Waals surface area contributed by atoms with Crippen LogP contribution >= 0.6 is 15.9 Å². The average molecular weight is 267 g/mol. The predicted molar refractivity (Wildman–Crippen MR) is 61.2 cm³/mol. The highest BCUT2D eigenvalue weighted by molar-refractivity contribution is 9.10. The molecule has 0 aliphatic rings. The minimum absolute atomic E-state index is 0.195. The molecule has 0 aromatic heterocycles. The largest absolute Gasteiger partial charge is 0.507 e. The monoisotopic (exact) mass is 266 g/mol. The summed E-state index contributed by atoms with van der Waals surface area (Å²) in [5, 5.41) is 9.33. The number of phenols is 1. The van der Waals surface area contributed by atoms with E-state index in [0.29, 0.717) is 4.47 Å². The average Bonchev–Trinajstić information content (AvgIpc) is 2.23. The summed E-state index contributed by atoms with van der Waals surface area (Å²) in [6, 6.07) is 11.4. The fourth-order valence-corrected chi connectivity index (χ4v) is 1.71. The number of halogens is 2. The molecule has 2 rings (SSSR count). The Morgan fingerprint density at radius 3 is 2.13 bits per heavy atom. The molecule has 3 heteroatoms. The first-order valence-electron chi connectivity index (χ1n) is 4.41. The van der Waals surface area contributed by atoms with Gasteiger partial charge in [-0.05, 0) is 51.3 Å². The number of rotatable bonds is 1. The molecule has 0 spiro atoms. The predicted octanol–water partition coefficient (Wildman–Crippen LogP) is 3.96. The normalized spacial score (nSPS) is 10.3. The van der Waals surface area contributed by atoms with Crippen LogP contribution in [0.15, 0.2) is 46.9 Å². The van der Waals surface area contributed by atoms with Crippen LogP contribution in [-0.4, -0.2) is 5.11 Å². The Kier molecular flexibility index (Phi) is 2.73. The van der Waals surface area contributed by atoms with Gasteiger partial charge in [0.05, 0.1) is 4.47 Å². The third-order valence-electron chi connectivity index (χ3n) is 2.13. The van der Waals surface area contributed by atoms with E-state index in [9.17, 15) is 9.50 Å². The smallest absolute Gasteiger partial charge is 0.129 e. The second kappa shape index (κ2) is 4.03. The molecule has 1 nitrogen and oxygen atoms in total. The van der Waals surface area contributed by atoms with E-state index in [1.54, 1.807) is 30.3 Å². The fraction of sp³-hybridized carbons (Fsp3) is 0. The van der Waals surface area contributed by atoms with Gasteiger partial charge in [0.25, 0.3) is 0 Å². The van der Waals surface area contributed by atoms with Gasteiger partial charge in [-0.1, -0.05) is 18.2 Å². The molecule has 0 heterocycles. The van der Waals surface area contributed by atoms with Crippen LogP contribution in [0.2, 0.25) is 0 Å². The number of phenolic OH excluding ortho intramolecular Hbond substituents is 1. The lowest BCUT2D eigenvalue weighted by Crippen LogP contribution is -1.79. The van der Waals surface area contributed by atoms with Crippen LogP contribution in [0.5, 0.6) is 5.75 Å². The number of hydrogen-bond donors (Lipinski definition) is 1. The van der Waals surface area contributed by atoms with Gasteiger partial charge in [0.1, 0.15) is 11.6 Å². The van der Waals surface area contributed by atoms with Crippen LogP contribution in [0.3, 0.4) is 0 Å². The molecule has 76 valence electrons. The Morgan fingerprint density at radius 2 is 1.53 bits per heavy atom. The van der Waals surface area contributed by atoms with Gasteiger partial charge in [0.15, 0.2) is 0 Å². The molecule has 0 bridgehead atoms. The molecule has 2 aromatic carbocycles. The van der Waals surface area contributed by atoms with E-state index in [1.165, 1.54) is 12.1 Å². The fourth-order valence-electron chi connectivity index (χ4n) is 1.33. The standard InChI is InChI=1S/C12H8BrFO/c13-11-7-9(3-6-12(11)15)8-1-4-10(14)5-2-8/h1-7,15H. The highest BCUT2D eigenvalue weighted by atomic mass is 79.9. The maximum atomic E-state index is 12.7. The lowest BCUT2D eigenvalue weighted by atomic mass is 10.1. The molecule has 0 amide bonds. The molecule has 2 aromatic rings. The number of benzene rings is 2. The zero-order chi connectivity index (χ0) is 10.8. The molecule has 0 unspecified atom stereocenters. The van der Waals surface area contributed by atoms with Crippen molar-refractivity contribution in [3.05, 3.63) is 52.8 Å². The SMILES string of the molecule is Oc1ccc(-c2ccc(F)cc2)cc1Br. The van der Waals surface area contributed by atoms with E-state index >= 15 is 0 Å². The summed E-state index contributed by atoms with van der Waals surface area (Å²) in [5.41, 5.74) is 1.84. The molecule has 0 saturated carbocycles. The van der Waals surface area contributed by atoms with E-state index in [1.807, 2.05) is 0 Å². The summed E-state index contributed by atoms with van der Waals surface area (Å²) in [5.74, 6) is -0.0579. The van der Waals surface area contributed by atoms with Gasteiger partial charge in [-0.3, -0.25) is 0 Å². The first-order valence-corrected chi connectivity index (χ1v) is 5.20. The van der Waals surface area contributed by atoms with E-state index in [4.69, 9.17) is 0 Å². The summed E-state index contributed by atoms with van der Waals surface area (Å²) < 4.78 is 13.3. The van der Waals surface area contributed by atoms with Crippen molar-refractivity contribution in [2.45, 2.75) is 0 Å². The quantitative estimate of drug-likeness (QED) is 0.829. The molecule has 0 radical (unpaired) electrons. The van der Waals surface area contributed by atoms with Crippen molar-refractivity contribution in [2.24, 2.45) is 0 Å². The van der Waals surface area contributed by atoms with Crippen molar-refractivity contribution < 1.29 is 9.50 Å². The van der Waals surface area contributed by atoms with Gasteiger partial charge in [-0.2, -0.15) is 0 Å². The number of aromatic hydroxyl groups is 1. The molecule has 0 fully saturated rings. The first-order chi connectivity index (χ1) is 7.16. The van der Waals surface area contributed by atoms with Crippen molar-refractivity contribution in [3.8, 4) is 16.9 Å². The summed E-state index contributed by atoms with van der Waals surface area (Å²) in [4.78, 5) is 0. The summed E-state index contributed by atoms with van der Waals surface area (Å²) in [6.45, 7) is 0. The van der Waals surface area contributed by atoms with Crippen LogP contribution in [-0.2, 0) is 0 Å². The van der Waals surface area contributed by atoms with Crippen LogP contribution in [0.4, 0.5) is 4.39 Å². The lowest BCUT2D eigenvalue weighted by Gasteiger charge is -2.03. The molecule has 15 heavy (non-hydrogen) atoms. The Bertz CT molecular complexity index is 479.